The maximum absolute atomic E-state index is 12.5. The van der Waals surface area contributed by atoms with E-state index in [1.54, 1.807) is 12.1 Å². The molecule has 0 aliphatic carbocycles. The number of carbonyl (C=O) groups is 2. The van der Waals surface area contributed by atoms with Crippen LogP contribution in [0.5, 0.6) is 0 Å². The van der Waals surface area contributed by atoms with Crippen molar-refractivity contribution in [3.8, 4) is 0 Å². The zero-order chi connectivity index (χ0) is 18.8. The normalized spacial score (nSPS) is 13.4. The van der Waals surface area contributed by atoms with Crippen molar-refractivity contribution in [3.63, 3.8) is 0 Å². The molecule has 1 N–H and O–H groups in total. The molecule has 1 aliphatic heterocycles. The Bertz CT molecular complexity index is 1000. The van der Waals surface area contributed by atoms with Crippen LogP contribution < -0.4 is 10.2 Å². The fraction of sp³-hybridized carbons (Fsp3) is 0.143. The predicted molar refractivity (Wildman–Crippen MR) is 110 cm³/mol. The van der Waals surface area contributed by atoms with E-state index in [4.69, 9.17) is 11.6 Å². The van der Waals surface area contributed by atoms with Gasteiger partial charge < -0.3 is 10.2 Å². The highest BCUT2D eigenvalue weighted by Gasteiger charge is 2.24. The maximum atomic E-state index is 12.5. The van der Waals surface area contributed by atoms with Crippen molar-refractivity contribution < 1.29 is 9.59 Å². The highest BCUT2D eigenvalue weighted by molar-refractivity contribution is 7.18. The Kier molecular flexibility index (Phi) is 4.97. The summed E-state index contributed by atoms with van der Waals surface area (Å²) in [5.41, 5.74) is 3.78. The lowest BCUT2D eigenvalue weighted by Gasteiger charge is -2.30. The number of halogens is 1. The van der Waals surface area contributed by atoms with Crippen LogP contribution >= 0.6 is 22.9 Å². The zero-order valence-electron chi connectivity index (χ0n) is 14.4. The van der Waals surface area contributed by atoms with E-state index >= 15 is 0 Å². The standard InChI is InChI=1S/C21H17ClN2O2S/c22-19-10-9-18(27-19)21(26)23-16-7-8-17-15(12-16)6-11-20(25)24(17)13-14-4-2-1-3-5-14/h1-5,7-10,12H,6,11,13H2,(H,23,26). The Morgan fingerprint density at radius 3 is 2.63 bits per heavy atom. The average Bonchev–Trinajstić information content (AvgIpc) is 3.11. The summed E-state index contributed by atoms with van der Waals surface area (Å²) in [4.78, 5) is 27.2. The molecular weight excluding hydrogens is 380 g/mol. The quantitative estimate of drug-likeness (QED) is 0.664. The number of carbonyl (C=O) groups excluding carboxylic acids is 2. The molecule has 0 fully saturated rings. The van der Waals surface area contributed by atoms with Crippen molar-refractivity contribution in [2.45, 2.75) is 19.4 Å². The third-order valence-corrected chi connectivity index (χ3v) is 5.75. The van der Waals surface area contributed by atoms with Gasteiger partial charge in [0.25, 0.3) is 5.91 Å². The Balaban J connectivity index is 1.56. The molecule has 4 rings (SSSR count). The van der Waals surface area contributed by atoms with E-state index < -0.39 is 0 Å². The van der Waals surface area contributed by atoms with Crippen LogP contribution in [0, 0.1) is 0 Å². The molecule has 6 heteroatoms. The summed E-state index contributed by atoms with van der Waals surface area (Å²) in [5, 5.41) is 2.91. The SMILES string of the molecule is O=C(Nc1ccc2c(c1)CCC(=O)N2Cc1ccccc1)c1ccc(Cl)s1. The second-order valence-corrected chi connectivity index (χ2v) is 8.08. The molecule has 0 unspecified atom stereocenters. The smallest absolute Gasteiger partial charge is 0.265 e. The van der Waals surface area contributed by atoms with E-state index in [0.717, 1.165) is 22.5 Å². The Morgan fingerprint density at radius 2 is 1.89 bits per heavy atom. The van der Waals surface area contributed by atoms with E-state index in [1.165, 1.54) is 11.3 Å². The molecule has 1 aliphatic rings. The van der Waals surface area contributed by atoms with Crippen LogP contribution in [0.15, 0.2) is 60.7 Å². The van der Waals surface area contributed by atoms with Crippen molar-refractivity contribution in [1.29, 1.82) is 0 Å². The van der Waals surface area contributed by atoms with Crippen LogP contribution in [0.1, 0.15) is 27.2 Å². The Morgan fingerprint density at radius 1 is 1.07 bits per heavy atom. The lowest BCUT2D eigenvalue weighted by atomic mass is 9.99. The summed E-state index contributed by atoms with van der Waals surface area (Å²) in [6.45, 7) is 0.548. The highest BCUT2D eigenvalue weighted by atomic mass is 35.5. The Hall–Kier alpha value is -2.63. The first-order valence-electron chi connectivity index (χ1n) is 8.64. The van der Waals surface area contributed by atoms with E-state index in [9.17, 15) is 9.59 Å². The number of benzene rings is 2. The molecule has 0 saturated heterocycles. The van der Waals surface area contributed by atoms with Crippen LogP contribution in [0.3, 0.4) is 0 Å². The molecule has 27 heavy (non-hydrogen) atoms. The van der Waals surface area contributed by atoms with E-state index in [1.807, 2.05) is 53.4 Å². The highest BCUT2D eigenvalue weighted by Crippen LogP contribution is 2.32. The molecule has 2 amide bonds. The number of thiophene rings is 1. The van der Waals surface area contributed by atoms with Crippen LogP contribution in [-0.2, 0) is 17.8 Å². The number of fused-ring (bicyclic) bond motifs is 1. The van der Waals surface area contributed by atoms with Crippen molar-refractivity contribution >= 4 is 46.1 Å². The number of aryl methyl sites for hydroxylation is 1. The lowest BCUT2D eigenvalue weighted by molar-refractivity contribution is -0.119. The number of nitrogens with zero attached hydrogens (tertiary/aromatic N) is 1. The number of hydrogen-bond donors (Lipinski definition) is 1. The van der Waals surface area contributed by atoms with Crippen LogP contribution in [-0.4, -0.2) is 11.8 Å². The van der Waals surface area contributed by atoms with Crippen molar-refractivity contribution in [2.75, 3.05) is 10.2 Å². The van der Waals surface area contributed by atoms with Crippen molar-refractivity contribution in [2.24, 2.45) is 0 Å². The fourth-order valence-corrected chi connectivity index (χ4v) is 4.14. The Labute approximate surface area is 166 Å². The van der Waals surface area contributed by atoms with E-state index in [-0.39, 0.29) is 11.8 Å². The van der Waals surface area contributed by atoms with Gasteiger partial charge >= 0.3 is 0 Å². The topological polar surface area (TPSA) is 49.4 Å². The molecule has 0 saturated carbocycles. The average molecular weight is 397 g/mol. The third-order valence-electron chi connectivity index (χ3n) is 4.52. The van der Waals surface area contributed by atoms with Gasteiger partial charge in [0, 0.05) is 17.8 Å². The molecule has 136 valence electrons. The van der Waals surface area contributed by atoms with Crippen molar-refractivity contribution in [1.82, 2.24) is 0 Å². The van der Waals surface area contributed by atoms with Crippen LogP contribution in [0.4, 0.5) is 11.4 Å². The third kappa shape index (κ3) is 3.89. The fourth-order valence-electron chi connectivity index (χ4n) is 3.21. The minimum atomic E-state index is -0.181. The second kappa shape index (κ2) is 7.55. The van der Waals surface area contributed by atoms with E-state index in [2.05, 4.69) is 5.32 Å². The van der Waals surface area contributed by atoms with Gasteiger partial charge in [0.2, 0.25) is 5.91 Å². The maximum Gasteiger partial charge on any atom is 0.265 e. The summed E-state index contributed by atoms with van der Waals surface area (Å²) in [6, 6.07) is 19.1. The molecule has 3 aromatic rings. The van der Waals surface area contributed by atoms with Gasteiger partial charge in [-0.15, -0.1) is 11.3 Å². The summed E-state index contributed by atoms with van der Waals surface area (Å²) in [7, 11) is 0. The largest absolute Gasteiger partial charge is 0.321 e. The van der Waals surface area contributed by atoms with Crippen molar-refractivity contribution in [3.05, 3.63) is 81.0 Å². The second-order valence-electron chi connectivity index (χ2n) is 6.37. The summed E-state index contributed by atoms with van der Waals surface area (Å²) in [5.74, 6) is -0.0590. The van der Waals surface area contributed by atoms with Gasteiger partial charge in [-0.1, -0.05) is 41.9 Å². The number of rotatable bonds is 4. The van der Waals surface area contributed by atoms with E-state index in [0.29, 0.717) is 28.6 Å². The molecule has 0 radical (unpaired) electrons. The predicted octanol–water partition coefficient (Wildman–Crippen LogP) is 5.13. The van der Waals surface area contributed by atoms with Gasteiger partial charge in [-0.2, -0.15) is 0 Å². The first-order chi connectivity index (χ1) is 13.1. The minimum Gasteiger partial charge on any atom is -0.321 e. The van der Waals surface area contributed by atoms with Crippen LogP contribution in [0.2, 0.25) is 4.34 Å². The number of hydrogen-bond acceptors (Lipinski definition) is 3. The minimum absolute atomic E-state index is 0.122. The number of nitrogens with one attached hydrogen (secondary N) is 1. The number of anilines is 2. The summed E-state index contributed by atoms with van der Waals surface area (Å²) < 4.78 is 0.584. The number of amides is 2. The van der Waals surface area contributed by atoms with Gasteiger partial charge in [0.1, 0.15) is 0 Å². The first kappa shape index (κ1) is 17.8. The molecule has 0 bridgehead atoms. The summed E-state index contributed by atoms with van der Waals surface area (Å²) in [6.07, 6.45) is 1.14. The molecule has 0 atom stereocenters. The molecule has 0 spiro atoms. The van der Waals surface area contributed by atoms with Gasteiger partial charge in [-0.25, -0.2) is 0 Å². The molecular formula is C21H17ClN2O2S. The molecule has 2 aromatic carbocycles. The molecule has 4 nitrogen and oxygen atoms in total. The molecule has 1 aromatic heterocycles. The molecule has 2 heterocycles. The first-order valence-corrected chi connectivity index (χ1v) is 9.83. The lowest BCUT2D eigenvalue weighted by Crippen LogP contribution is -2.34. The van der Waals surface area contributed by atoms with Gasteiger partial charge in [-0.05, 0) is 47.9 Å². The monoisotopic (exact) mass is 396 g/mol. The van der Waals surface area contributed by atoms with Gasteiger partial charge in [0.05, 0.1) is 15.8 Å². The zero-order valence-corrected chi connectivity index (χ0v) is 16.0. The van der Waals surface area contributed by atoms with Gasteiger partial charge in [-0.3, -0.25) is 9.59 Å². The van der Waals surface area contributed by atoms with Gasteiger partial charge in [0.15, 0.2) is 0 Å². The summed E-state index contributed by atoms with van der Waals surface area (Å²) >= 11 is 7.15. The van der Waals surface area contributed by atoms with Crippen LogP contribution in [0.25, 0.3) is 0 Å².